The van der Waals surface area contributed by atoms with Crippen molar-refractivity contribution in [3.63, 3.8) is 0 Å². The van der Waals surface area contributed by atoms with Gasteiger partial charge in [-0.05, 0) is 70.0 Å². The molecule has 0 radical (unpaired) electrons. The van der Waals surface area contributed by atoms with E-state index in [-0.39, 0.29) is 16.1 Å². The molecule has 5 nitrogen and oxygen atoms in total. The first-order valence-electron chi connectivity index (χ1n) is 8.11. The van der Waals surface area contributed by atoms with Gasteiger partial charge in [-0.1, -0.05) is 12.1 Å². The smallest absolute Gasteiger partial charge is 0.256 e. The molecule has 0 spiro atoms. The lowest BCUT2D eigenvalue weighted by atomic mass is 10.1. The maximum atomic E-state index is 14.0. The second-order valence-corrected chi connectivity index (χ2v) is 8.95. The summed E-state index contributed by atoms with van der Waals surface area (Å²) in [7, 11) is -3.78. The van der Waals surface area contributed by atoms with E-state index in [4.69, 9.17) is 0 Å². The van der Waals surface area contributed by atoms with Gasteiger partial charge in [0, 0.05) is 11.1 Å². The molecular formula is C19H23FN2O3S. The summed E-state index contributed by atoms with van der Waals surface area (Å²) in [5.74, 6) is -1.12. The molecule has 0 aliphatic heterocycles. The average Bonchev–Trinajstić information content (AvgIpc) is 2.47. The minimum absolute atomic E-state index is 0.0208. The van der Waals surface area contributed by atoms with Gasteiger partial charge < -0.3 is 5.32 Å². The molecular weight excluding hydrogens is 355 g/mol. The fraction of sp³-hybridized carbons (Fsp3) is 0.316. The summed E-state index contributed by atoms with van der Waals surface area (Å²) in [4.78, 5) is 12.5. The Hall–Kier alpha value is -2.25. The third-order valence-corrected chi connectivity index (χ3v) is 5.33. The van der Waals surface area contributed by atoms with Crippen LogP contribution in [-0.2, 0) is 10.0 Å². The predicted octanol–water partition coefficient (Wildman–Crippen LogP) is 3.77. The molecule has 2 N–H and O–H groups in total. The second-order valence-electron chi connectivity index (χ2n) is 7.27. The summed E-state index contributed by atoms with van der Waals surface area (Å²) in [6, 6.07) is 8.76. The van der Waals surface area contributed by atoms with Crippen LogP contribution in [0.25, 0.3) is 0 Å². The molecule has 2 rings (SSSR count). The number of sulfonamides is 1. The molecule has 2 aromatic rings. The topological polar surface area (TPSA) is 75.3 Å². The molecule has 0 aliphatic rings. The van der Waals surface area contributed by atoms with Crippen LogP contribution in [0.15, 0.2) is 41.3 Å². The summed E-state index contributed by atoms with van der Waals surface area (Å²) in [5.41, 5.74) is 0.877. The Balaban J connectivity index is 2.36. The van der Waals surface area contributed by atoms with E-state index >= 15 is 0 Å². The number of halogens is 1. The van der Waals surface area contributed by atoms with Crippen molar-refractivity contribution in [2.75, 3.05) is 5.32 Å². The van der Waals surface area contributed by atoms with Crippen molar-refractivity contribution in [3.8, 4) is 0 Å². The first-order chi connectivity index (χ1) is 11.9. The number of anilines is 1. The van der Waals surface area contributed by atoms with Gasteiger partial charge >= 0.3 is 0 Å². The Morgan fingerprint density at radius 3 is 2.27 bits per heavy atom. The van der Waals surface area contributed by atoms with Gasteiger partial charge in [0.25, 0.3) is 5.91 Å². The summed E-state index contributed by atoms with van der Waals surface area (Å²) in [5, 5.41) is 2.49. The lowest BCUT2D eigenvalue weighted by molar-refractivity contribution is 0.102. The number of nitrogens with one attached hydrogen (secondary N) is 2. The lowest BCUT2D eigenvalue weighted by Crippen LogP contribution is -2.40. The molecule has 0 atom stereocenters. The van der Waals surface area contributed by atoms with Crippen molar-refractivity contribution in [2.24, 2.45) is 0 Å². The van der Waals surface area contributed by atoms with Gasteiger partial charge in [-0.3, -0.25) is 4.79 Å². The summed E-state index contributed by atoms with van der Waals surface area (Å²) in [6.07, 6.45) is 0. The number of hydrogen-bond acceptors (Lipinski definition) is 3. The van der Waals surface area contributed by atoms with E-state index in [9.17, 15) is 17.6 Å². The zero-order valence-electron chi connectivity index (χ0n) is 15.5. The largest absolute Gasteiger partial charge is 0.319 e. The van der Waals surface area contributed by atoms with Crippen molar-refractivity contribution < 1.29 is 17.6 Å². The van der Waals surface area contributed by atoms with Crippen molar-refractivity contribution in [1.82, 2.24) is 4.72 Å². The highest BCUT2D eigenvalue weighted by molar-refractivity contribution is 7.89. The Labute approximate surface area is 153 Å². The first-order valence-corrected chi connectivity index (χ1v) is 9.59. The quantitative estimate of drug-likeness (QED) is 0.850. The average molecular weight is 378 g/mol. The molecule has 26 heavy (non-hydrogen) atoms. The number of benzene rings is 2. The Bertz CT molecular complexity index is 948. The first kappa shape index (κ1) is 20.1. The number of hydrogen-bond donors (Lipinski definition) is 2. The van der Waals surface area contributed by atoms with Crippen LogP contribution in [0.1, 0.15) is 42.3 Å². The van der Waals surface area contributed by atoms with E-state index in [2.05, 4.69) is 10.0 Å². The number of carbonyl (C=O) groups excluding carboxylic acids is 1. The Kier molecular flexibility index (Phi) is 5.53. The van der Waals surface area contributed by atoms with E-state index in [0.29, 0.717) is 5.56 Å². The molecule has 0 saturated heterocycles. The lowest BCUT2D eigenvalue weighted by Gasteiger charge is -2.20. The highest BCUT2D eigenvalue weighted by atomic mass is 32.2. The van der Waals surface area contributed by atoms with Gasteiger partial charge in [-0.15, -0.1) is 0 Å². The molecule has 1 amide bonds. The second kappa shape index (κ2) is 7.17. The third kappa shape index (κ3) is 4.89. The number of aryl methyl sites for hydroxylation is 2. The molecule has 7 heteroatoms. The normalized spacial score (nSPS) is 12.1. The van der Waals surface area contributed by atoms with Crippen LogP contribution in [0.5, 0.6) is 0 Å². The van der Waals surface area contributed by atoms with Crippen LogP contribution in [0, 0.1) is 19.7 Å². The summed E-state index contributed by atoms with van der Waals surface area (Å²) < 4.78 is 41.5. The van der Waals surface area contributed by atoms with E-state index in [1.807, 2.05) is 0 Å². The van der Waals surface area contributed by atoms with E-state index in [1.165, 1.54) is 24.3 Å². The highest BCUT2D eigenvalue weighted by Crippen LogP contribution is 2.21. The van der Waals surface area contributed by atoms with Gasteiger partial charge in [0.15, 0.2) is 0 Å². The van der Waals surface area contributed by atoms with E-state index in [1.54, 1.807) is 46.8 Å². The zero-order valence-corrected chi connectivity index (χ0v) is 16.3. The van der Waals surface area contributed by atoms with Crippen LogP contribution < -0.4 is 10.0 Å². The van der Waals surface area contributed by atoms with Crippen LogP contribution in [0.3, 0.4) is 0 Å². The van der Waals surface area contributed by atoms with Crippen LogP contribution in [0.2, 0.25) is 0 Å². The SMILES string of the molecule is Cc1ccc(NC(=O)c2cc(S(=O)(=O)NC(C)(C)C)ccc2C)c(F)c1. The van der Waals surface area contributed by atoms with Crippen LogP contribution in [0.4, 0.5) is 10.1 Å². The van der Waals surface area contributed by atoms with Crippen molar-refractivity contribution in [3.05, 3.63) is 58.9 Å². The molecule has 0 fully saturated rings. The zero-order chi connectivity index (χ0) is 19.7. The van der Waals surface area contributed by atoms with Gasteiger partial charge in [0.1, 0.15) is 5.82 Å². The van der Waals surface area contributed by atoms with E-state index in [0.717, 1.165) is 5.56 Å². The van der Waals surface area contributed by atoms with Crippen molar-refractivity contribution in [1.29, 1.82) is 0 Å². The van der Waals surface area contributed by atoms with E-state index < -0.39 is 27.3 Å². The fourth-order valence-electron chi connectivity index (χ4n) is 2.39. The molecule has 0 aliphatic carbocycles. The number of carbonyl (C=O) groups is 1. The minimum atomic E-state index is -3.78. The molecule has 0 bridgehead atoms. The Morgan fingerprint density at radius 1 is 1.04 bits per heavy atom. The highest BCUT2D eigenvalue weighted by Gasteiger charge is 2.23. The van der Waals surface area contributed by atoms with Gasteiger partial charge in [0.2, 0.25) is 10.0 Å². The van der Waals surface area contributed by atoms with Crippen LogP contribution >= 0.6 is 0 Å². The summed E-state index contributed by atoms with van der Waals surface area (Å²) >= 11 is 0. The monoisotopic (exact) mass is 378 g/mol. The minimum Gasteiger partial charge on any atom is -0.319 e. The number of amides is 1. The molecule has 2 aromatic carbocycles. The molecule has 0 unspecified atom stereocenters. The van der Waals surface area contributed by atoms with Crippen molar-refractivity contribution in [2.45, 2.75) is 45.1 Å². The molecule has 0 heterocycles. The molecule has 140 valence electrons. The molecule has 0 saturated carbocycles. The maximum absolute atomic E-state index is 14.0. The summed E-state index contributed by atoms with van der Waals surface area (Å²) in [6.45, 7) is 8.62. The van der Waals surface area contributed by atoms with Crippen LogP contribution in [-0.4, -0.2) is 19.9 Å². The van der Waals surface area contributed by atoms with Gasteiger partial charge in [0.05, 0.1) is 10.6 Å². The maximum Gasteiger partial charge on any atom is 0.256 e. The fourth-order valence-corrected chi connectivity index (χ4v) is 3.83. The number of rotatable bonds is 4. The predicted molar refractivity (Wildman–Crippen MR) is 100 cm³/mol. The standard InChI is InChI=1S/C19H23FN2O3S/c1-12-6-9-17(16(20)10-12)21-18(23)15-11-14(8-7-13(15)2)26(24,25)22-19(3,4)5/h6-11,22H,1-5H3,(H,21,23). The molecule has 0 aromatic heterocycles. The van der Waals surface area contributed by atoms with Gasteiger partial charge in [-0.25, -0.2) is 17.5 Å². The van der Waals surface area contributed by atoms with Crippen molar-refractivity contribution >= 4 is 21.6 Å². The Morgan fingerprint density at radius 2 is 1.69 bits per heavy atom. The third-order valence-electron chi connectivity index (χ3n) is 3.58. The van der Waals surface area contributed by atoms with Gasteiger partial charge in [-0.2, -0.15) is 0 Å².